The van der Waals surface area contributed by atoms with E-state index in [0.717, 1.165) is 12.0 Å². The molecule has 4 nitrogen and oxygen atoms in total. The number of aliphatic hydroxyl groups is 1. The van der Waals surface area contributed by atoms with Gasteiger partial charge < -0.3 is 9.84 Å². The average Bonchev–Trinajstić information content (AvgIpc) is 2.57. The number of hydrogen-bond acceptors (Lipinski definition) is 4. The molecule has 0 fully saturated rings. The van der Waals surface area contributed by atoms with E-state index < -0.39 is 23.3 Å². The fourth-order valence-electron chi connectivity index (χ4n) is 2.98. The van der Waals surface area contributed by atoms with E-state index in [2.05, 4.69) is 13.8 Å². The standard InChI is InChI=1S/C21H26O4/c1-5-14(2)8-6-7-9-20(24)25-19-11-10-16-12-17(22)18(23)13-21(16,4)15(19)3/h6-15,19,23H,5H2,1-4H3/b8-6+,9-7+/t14-,15-,19-,21+/m0/s1. The molecule has 2 aliphatic carbocycles. The molecule has 2 aliphatic rings. The molecule has 0 spiro atoms. The Hall–Kier alpha value is -2.36. The van der Waals surface area contributed by atoms with Crippen LogP contribution in [0.25, 0.3) is 0 Å². The van der Waals surface area contributed by atoms with Crippen LogP contribution in [0, 0.1) is 17.3 Å². The van der Waals surface area contributed by atoms with E-state index in [0.29, 0.717) is 5.92 Å². The Morgan fingerprint density at radius 2 is 2.16 bits per heavy atom. The van der Waals surface area contributed by atoms with Crippen LogP contribution in [-0.4, -0.2) is 23.0 Å². The van der Waals surface area contributed by atoms with Gasteiger partial charge in [-0.2, -0.15) is 0 Å². The zero-order valence-electron chi connectivity index (χ0n) is 15.2. The maximum atomic E-state index is 12.0. The molecule has 0 saturated carbocycles. The van der Waals surface area contributed by atoms with Gasteiger partial charge in [-0.25, -0.2) is 4.79 Å². The van der Waals surface area contributed by atoms with Gasteiger partial charge in [-0.3, -0.25) is 4.79 Å². The van der Waals surface area contributed by atoms with E-state index in [-0.39, 0.29) is 11.7 Å². The van der Waals surface area contributed by atoms with Crippen LogP contribution in [0.4, 0.5) is 0 Å². The van der Waals surface area contributed by atoms with Gasteiger partial charge >= 0.3 is 5.97 Å². The number of carbonyl (C=O) groups excluding carboxylic acids is 2. The van der Waals surface area contributed by atoms with Crippen LogP contribution in [0.3, 0.4) is 0 Å². The van der Waals surface area contributed by atoms with E-state index in [1.54, 1.807) is 24.3 Å². The normalized spacial score (nSPS) is 30.2. The molecule has 2 rings (SSSR count). The van der Waals surface area contributed by atoms with Crippen molar-refractivity contribution in [3.8, 4) is 0 Å². The molecule has 0 radical (unpaired) electrons. The van der Waals surface area contributed by atoms with Gasteiger partial charge in [0.05, 0.1) is 0 Å². The summed E-state index contributed by atoms with van der Waals surface area (Å²) in [6.07, 6.45) is 14.2. The van der Waals surface area contributed by atoms with Crippen molar-refractivity contribution in [3.05, 3.63) is 59.9 Å². The molecule has 1 N–H and O–H groups in total. The highest BCUT2D eigenvalue weighted by atomic mass is 16.5. The molecule has 0 aromatic carbocycles. The fraction of sp³-hybridized carbons (Fsp3) is 0.429. The van der Waals surface area contributed by atoms with Crippen LogP contribution in [-0.2, 0) is 14.3 Å². The highest BCUT2D eigenvalue weighted by molar-refractivity contribution is 6.04. The number of allylic oxidation sites excluding steroid dienone is 7. The lowest BCUT2D eigenvalue weighted by atomic mass is 9.64. The van der Waals surface area contributed by atoms with Crippen molar-refractivity contribution in [3.63, 3.8) is 0 Å². The number of aliphatic hydroxyl groups excluding tert-OH is 1. The lowest BCUT2D eigenvalue weighted by molar-refractivity contribution is -0.144. The summed E-state index contributed by atoms with van der Waals surface area (Å²) in [6, 6.07) is 0. The summed E-state index contributed by atoms with van der Waals surface area (Å²) in [5.74, 6) is -0.691. The van der Waals surface area contributed by atoms with Crippen LogP contribution in [0.5, 0.6) is 0 Å². The predicted molar refractivity (Wildman–Crippen MR) is 97.8 cm³/mol. The lowest BCUT2D eigenvalue weighted by Gasteiger charge is -2.42. The van der Waals surface area contributed by atoms with Gasteiger partial charge in [0.2, 0.25) is 5.78 Å². The Morgan fingerprint density at radius 1 is 1.44 bits per heavy atom. The number of carbonyl (C=O) groups is 2. The molecular formula is C21H26O4. The molecule has 4 atom stereocenters. The molecule has 0 unspecified atom stereocenters. The summed E-state index contributed by atoms with van der Waals surface area (Å²) in [5.41, 5.74) is 0.278. The molecule has 0 saturated heterocycles. The van der Waals surface area contributed by atoms with E-state index >= 15 is 0 Å². The third-order valence-electron chi connectivity index (χ3n) is 5.18. The van der Waals surface area contributed by atoms with Crippen molar-refractivity contribution in [2.75, 3.05) is 0 Å². The molecule has 0 aromatic rings. The van der Waals surface area contributed by atoms with Crippen molar-refractivity contribution >= 4 is 11.8 Å². The summed E-state index contributed by atoms with van der Waals surface area (Å²) in [5, 5.41) is 9.79. The molecular weight excluding hydrogens is 316 g/mol. The van der Waals surface area contributed by atoms with Crippen molar-refractivity contribution in [2.45, 2.75) is 40.2 Å². The Morgan fingerprint density at radius 3 is 2.84 bits per heavy atom. The van der Waals surface area contributed by atoms with Gasteiger partial charge in [0.1, 0.15) is 6.10 Å². The Kier molecular flexibility index (Phi) is 5.83. The first-order valence-corrected chi connectivity index (χ1v) is 8.70. The summed E-state index contributed by atoms with van der Waals surface area (Å²) in [7, 11) is 0. The molecule has 0 aromatic heterocycles. The van der Waals surface area contributed by atoms with E-state index in [1.165, 1.54) is 12.2 Å². The van der Waals surface area contributed by atoms with Gasteiger partial charge in [0.15, 0.2) is 5.76 Å². The van der Waals surface area contributed by atoms with E-state index in [1.807, 2.05) is 26.0 Å². The minimum atomic E-state index is -0.544. The average molecular weight is 342 g/mol. The van der Waals surface area contributed by atoms with Gasteiger partial charge in [-0.15, -0.1) is 0 Å². The topological polar surface area (TPSA) is 63.6 Å². The lowest BCUT2D eigenvalue weighted by Crippen LogP contribution is -2.40. The minimum absolute atomic E-state index is 0.105. The third kappa shape index (κ3) is 4.19. The zero-order valence-corrected chi connectivity index (χ0v) is 15.2. The van der Waals surface area contributed by atoms with Crippen LogP contribution in [0.15, 0.2) is 59.9 Å². The van der Waals surface area contributed by atoms with Gasteiger partial charge in [0, 0.05) is 17.4 Å². The summed E-state index contributed by atoms with van der Waals surface area (Å²) < 4.78 is 5.54. The highest BCUT2D eigenvalue weighted by Crippen LogP contribution is 2.46. The SMILES string of the molecule is CC[C@H](C)/C=C/C=C/C(=O)O[C@H]1C=CC2=CC(=O)C(O)=C[C@]2(C)[C@H]1C. The van der Waals surface area contributed by atoms with Crippen LogP contribution >= 0.6 is 0 Å². The van der Waals surface area contributed by atoms with Gasteiger partial charge in [-0.05, 0) is 29.7 Å². The Labute approximate surface area is 149 Å². The highest BCUT2D eigenvalue weighted by Gasteiger charge is 2.43. The molecule has 25 heavy (non-hydrogen) atoms. The number of fused-ring (bicyclic) bond motifs is 1. The van der Waals surface area contributed by atoms with Gasteiger partial charge in [-0.1, -0.05) is 58.4 Å². The molecule has 0 amide bonds. The molecule has 0 aliphatic heterocycles. The molecule has 0 heterocycles. The van der Waals surface area contributed by atoms with E-state index in [4.69, 9.17) is 4.74 Å². The smallest absolute Gasteiger partial charge is 0.331 e. The first-order valence-electron chi connectivity index (χ1n) is 8.70. The largest absolute Gasteiger partial charge is 0.504 e. The first kappa shape index (κ1) is 19.0. The maximum Gasteiger partial charge on any atom is 0.331 e. The third-order valence-corrected chi connectivity index (χ3v) is 5.18. The minimum Gasteiger partial charge on any atom is -0.504 e. The fourth-order valence-corrected chi connectivity index (χ4v) is 2.98. The number of esters is 1. The summed E-state index contributed by atoms with van der Waals surface area (Å²) in [4.78, 5) is 23.7. The van der Waals surface area contributed by atoms with Crippen molar-refractivity contribution in [1.82, 2.24) is 0 Å². The second-order valence-corrected chi connectivity index (χ2v) is 6.96. The number of ether oxygens (including phenoxy) is 1. The quantitative estimate of drug-likeness (QED) is 0.461. The first-order chi connectivity index (χ1) is 11.8. The van der Waals surface area contributed by atoms with E-state index in [9.17, 15) is 14.7 Å². The second-order valence-electron chi connectivity index (χ2n) is 6.96. The zero-order chi connectivity index (χ0) is 18.6. The van der Waals surface area contributed by atoms with Crippen LogP contribution < -0.4 is 0 Å². The Balaban J connectivity index is 2.07. The van der Waals surface area contributed by atoms with Crippen molar-refractivity contribution in [2.24, 2.45) is 17.3 Å². The number of rotatable bonds is 5. The van der Waals surface area contributed by atoms with Crippen LogP contribution in [0.2, 0.25) is 0 Å². The van der Waals surface area contributed by atoms with Crippen molar-refractivity contribution < 1.29 is 19.4 Å². The molecule has 0 bridgehead atoms. The Bertz CT molecular complexity index is 693. The molecule has 134 valence electrons. The molecule has 4 heteroatoms. The van der Waals surface area contributed by atoms with Crippen molar-refractivity contribution in [1.29, 1.82) is 0 Å². The summed E-state index contributed by atoms with van der Waals surface area (Å²) in [6.45, 7) is 8.10. The van der Waals surface area contributed by atoms with Crippen LogP contribution in [0.1, 0.15) is 34.1 Å². The monoisotopic (exact) mass is 342 g/mol. The summed E-state index contributed by atoms with van der Waals surface area (Å²) >= 11 is 0. The number of ketones is 1. The predicted octanol–water partition coefficient (Wildman–Crippen LogP) is 4.22. The number of hydrogen-bond donors (Lipinski definition) is 1. The maximum absolute atomic E-state index is 12.0. The van der Waals surface area contributed by atoms with Gasteiger partial charge in [0.25, 0.3) is 0 Å². The second kappa shape index (κ2) is 7.68.